The first-order valence-electron chi connectivity index (χ1n) is 10.2. The molecule has 0 aliphatic rings. The van der Waals surface area contributed by atoms with Crippen LogP contribution in [0, 0.1) is 13.8 Å². The minimum absolute atomic E-state index is 0.0997. The fourth-order valence-electron chi connectivity index (χ4n) is 4.05. The molecular formula is C24H21N5O3. The average molecular weight is 427 g/mol. The lowest BCUT2D eigenvalue weighted by atomic mass is 10.1. The fraction of sp³-hybridized carbons (Fsp3) is 0.167. The molecule has 32 heavy (non-hydrogen) atoms. The second kappa shape index (κ2) is 7.49. The Morgan fingerprint density at radius 1 is 1.00 bits per heavy atom. The van der Waals surface area contributed by atoms with Crippen LogP contribution in [0.25, 0.3) is 27.5 Å². The van der Waals surface area contributed by atoms with E-state index in [9.17, 15) is 9.59 Å². The summed E-state index contributed by atoms with van der Waals surface area (Å²) in [5, 5.41) is 8.94. The maximum absolute atomic E-state index is 13.0. The van der Waals surface area contributed by atoms with Gasteiger partial charge < -0.3 is 4.74 Å². The molecule has 0 radical (unpaired) electrons. The van der Waals surface area contributed by atoms with E-state index in [1.165, 1.54) is 15.3 Å². The van der Waals surface area contributed by atoms with E-state index in [-0.39, 0.29) is 17.7 Å². The van der Waals surface area contributed by atoms with Gasteiger partial charge in [-0.05, 0) is 37.6 Å². The highest BCUT2D eigenvalue weighted by Crippen LogP contribution is 2.28. The summed E-state index contributed by atoms with van der Waals surface area (Å²) in [6.07, 6.45) is 0. The number of hydrogen-bond acceptors (Lipinski definition) is 5. The minimum Gasteiger partial charge on any atom is -0.497 e. The molecule has 3 heterocycles. The lowest BCUT2D eigenvalue weighted by Gasteiger charge is -2.09. The number of ether oxygens (including phenoxy) is 1. The van der Waals surface area contributed by atoms with E-state index in [1.807, 2.05) is 56.3 Å². The number of aromatic amines is 1. The molecule has 0 saturated heterocycles. The van der Waals surface area contributed by atoms with E-state index in [0.717, 1.165) is 33.7 Å². The Bertz CT molecular complexity index is 1590. The number of methoxy groups -OCH3 is 1. The van der Waals surface area contributed by atoms with E-state index < -0.39 is 0 Å². The van der Waals surface area contributed by atoms with Gasteiger partial charge in [0.25, 0.3) is 11.1 Å². The third kappa shape index (κ3) is 3.17. The van der Waals surface area contributed by atoms with Gasteiger partial charge in [0.15, 0.2) is 5.65 Å². The van der Waals surface area contributed by atoms with Gasteiger partial charge in [-0.15, -0.1) is 0 Å². The van der Waals surface area contributed by atoms with Crippen molar-refractivity contribution in [1.29, 1.82) is 0 Å². The number of hydrogen-bond donors (Lipinski definition) is 1. The van der Waals surface area contributed by atoms with Gasteiger partial charge in [-0.1, -0.05) is 30.3 Å². The summed E-state index contributed by atoms with van der Waals surface area (Å²) in [7, 11) is 1.61. The summed E-state index contributed by atoms with van der Waals surface area (Å²) in [6, 6.07) is 16.4. The SMILES string of the molecule is COc1ccc(-c2c(C)[nH]n3c(=O)cc(Cn4nc(C)c5ccccc5c4=O)nc23)cc1. The minimum atomic E-state index is -0.251. The van der Waals surface area contributed by atoms with Crippen LogP contribution in [0.15, 0.2) is 64.2 Å². The normalized spacial score (nSPS) is 11.3. The Hall–Kier alpha value is -4.20. The highest BCUT2D eigenvalue weighted by atomic mass is 16.5. The molecule has 0 unspecified atom stereocenters. The molecule has 5 aromatic rings. The van der Waals surface area contributed by atoms with E-state index >= 15 is 0 Å². The summed E-state index contributed by atoms with van der Waals surface area (Å²) in [5.41, 5.74) is 3.79. The van der Waals surface area contributed by atoms with Crippen molar-refractivity contribution in [3.8, 4) is 16.9 Å². The lowest BCUT2D eigenvalue weighted by Crippen LogP contribution is -2.26. The zero-order chi connectivity index (χ0) is 22.4. The molecular weight excluding hydrogens is 406 g/mol. The van der Waals surface area contributed by atoms with Crippen LogP contribution < -0.4 is 15.9 Å². The van der Waals surface area contributed by atoms with Crippen LogP contribution in [-0.4, -0.2) is 31.5 Å². The van der Waals surface area contributed by atoms with Crippen molar-refractivity contribution in [2.24, 2.45) is 0 Å². The summed E-state index contributed by atoms with van der Waals surface area (Å²) >= 11 is 0. The first-order valence-corrected chi connectivity index (χ1v) is 10.2. The second-order valence-corrected chi connectivity index (χ2v) is 7.68. The van der Waals surface area contributed by atoms with Gasteiger partial charge in [-0.3, -0.25) is 14.7 Å². The van der Waals surface area contributed by atoms with Crippen molar-refractivity contribution in [1.82, 2.24) is 24.4 Å². The van der Waals surface area contributed by atoms with Crippen LogP contribution in [0.2, 0.25) is 0 Å². The largest absolute Gasteiger partial charge is 0.497 e. The predicted octanol–water partition coefficient (Wildman–Crippen LogP) is 3.07. The highest BCUT2D eigenvalue weighted by Gasteiger charge is 2.16. The Morgan fingerprint density at radius 3 is 2.44 bits per heavy atom. The number of nitrogens with zero attached hydrogens (tertiary/aromatic N) is 4. The maximum Gasteiger partial charge on any atom is 0.275 e. The van der Waals surface area contributed by atoms with Crippen LogP contribution >= 0.6 is 0 Å². The standard InChI is InChI=1S/C24H21N5O3/c1-14-19-6-4-5-7-20(19)24(31)28(26-14)13-17-12-21(30)29-23(25-17)22(15(2)27-29)16-8-10-18(32-3)11-9-16/h4-12,27H,13H2,1-3H3. The summed E-state index contributed by atoms with van der Waals surface area (Å²) in [6.45, 7) is 3.86. The first-order chi connectivity index (χ1) is 15.5. The zero-order valence-electron chi connectivity index (χ0n) is 17.9. The van der Waals surface area contributed by atoms with Crippen molar-refractivity contribution < 1.29 is 4.74 Å². The molecule has 160 valence electrons. The maximum atomic E-state index is 13.0. The number of H-pyrrole nitrogens is 1. The van der Waals surface area contributed by atoms with Gasteiger partial charge in [0, 0.05) is 22.7 Å². The van der Waals surface area contributed by atoms with Gasteiger partial charge in [-0.2, -0.15) is 5.10 Å². The molecule has 0 fully saturated rings. The van der Waals surface area contributed by atoms with Crippen LogP contribution in [-0.2, 0) is 6.54 Å². The number of rotatable bonds is 4. The smallest absolute Gasteiger partial charge is 0.275 e. The average Bonchev–Trinajstić information content (AvgIpc) is 3.14. The highest BCUT2D eigenvalue weighted by molar-refractivity contribution is 5.83. The van der Waals surface area contributed by atoms with Gasteiger partial charge in [0.05, 0.1) is 30.4 Å². The molecule has 5 rings (SSSR count). The number of benzene rings is 2. The Labute approximate surface area is 182 Å². The van der Waals surface area contributed by atoms with Crippen molar-refractivity contribution in [2.75, 3.05) is 7.11 Å². The van der Waals surface area contributed by atoms with Crippen molar-refractivity contribution >= 4 is 16.4 Å². The number of aryl methyl sites for hydroxylation is 2. The van der Waals surface area contributed by atoms with E-state index in [1.54, 1.807) is 13.2 Å². The van der Waals surface area contributed by atoms with Crippen LogP contribution in [0.3, 0.4) is 0 Å². The lowest BCUT2D eigenvalue weighted by molar-refractivity contribution is 0.415. The van der Waals surface area contributed by atoms with Gasteiger partial charge in [0.1, 0.15) is 5.75 Å². The summed E-state index contributed by atoms with van der Waals surface area (Å²) in [4.78, 5) is 30.5. The molecule has 0 saturated carbocycles. The third-order valence-electron chi connectivity index (χ3n) is 5.59. The fourth-order valence-corrected chi connectivity index (χ4v) is 4.05. The van der Waals surface area contributed by atoms with E-state index in [0.29, 0.717) is 16.7 Å². The molecule has 2 aromatic carbocycles. The Kier molecular flexibility index (Phi) is 4.62. The zero-order valence-corrected chi connectivity index (χ0v) is 17.9. The first kappa shape index (κ1) is 19.7. The van der Waals surface area contributed by atoms with E-state index in [2.05, 4.69) is 10.2 Å². The number of nitrogens with one attached hydrogen (secondary N) is 1. The molecule has 1 N–H and O–H groups in total. The summed E-state index contributed by atoms with van der Waals surface area (Å²) in [5.74, 6) is 0.745. The molecule has 0 aliphatic heterocycles. The molecule has 0 spiro atoms. The second-order valence-electron chi connectivity index (χ2n) is 7.68. The topological polar surface area (TPSA) is 94.3 Å². The molecule has 0 aliphatic carbocycles. The number of aromatic nitrogens is 5. The van der Waals surface area contributed by atoms with Crippen LogP contribution in [0.4, 0.5) is 0 Å². The van der Waals surface area contributed by atoms with Gasteiger partial charge in [0.2, 0.25) is 0 Å². The van der Waals surface area contributed by atoms with Gasteiger partial charge >= 0.3 is 0 Å². The molecule has 3 aromatic heterocycles. The molecule has 8 nitrogen and oxygen atoms in total. The van der Waals surface area contributed by atoms with Crippen molar-refractivity contribution in [2.45, 2.75) is 20.4 Å². The molecule has 0 bridgehead atoms. The van der Waals surface area contributed by atoms with Crippen LogP contribution in [0.5, 0.6) is 5.75 Å². The van der Waals surface area contributed by atoms with Crippen molar-refractivity contribution in [3.05, 3.63) is 92.4 Å². The third-order valence-corrected chi connectivity index (χ3v) is 5.59. The van der Waals surface area contributed by atoms with Crippen LogP contribution in [0.1, 0.15) is 17.1 Å². The summed E-state index contributed by atoms with van der Waals surface area (Å²) < 4.78 is 8.02. The monoisotopic (exact) mass is 427 g/mol. The van der Waals surface area contributed by atoms with Gasteiger partial charge in [-0.25, -0.2) is 14.2 Å². The predicted molar refractivity (Wildman–Crippen MR) is 122 cm³/mol. The Morgan fingerprint density at radius 2 is 1.72 bits per heavy atom. The molecule has 8 heteroatoms. The number of fused-ring (bicyclic) bond motifs is 2. The Balaban J connectivity index is 1.65. The molecule has 0 amide bonds. The molecule has 0 atom stereocenters. The quantitative estimate of drug-likeness (QED) is 0.476. The van der Waals surface area contributed by atoms with E-state index in [4.69, 9.17) is 9.72 Å². The van der Waals surface area contributed by atoms with Crippen molar-refractivity contribution in [3.63, 3.8) is 0 Å².